The van der Waals surface area contributed by atoms with Crippen molar-refractivity contribution in [3.8, 4) is 12.3 Å². The van der Waals surface area contributed by atoms with Gasteiger partial charge in [-0.15, -0.1) is 6.42 Å². The number of unbranched alkanes of at least 4 members (excludes halogenated alkanes) is 16. The van der Waals surface area contributed by atoms with Crippen molar-refractivity contribution in [1.82, 2.24) is 5.32 Å². The minimum atomic E-state index is -0.363. The molecule has 0 aliphatic rings. The maximum atomic E-state index is 11.2. The summed E-state index contributed by atoms with van der Waals surface area (Å²) in [4.78, 5) is 163. The molecular weight excluding hydrogens is 1180 g/mol. The molecule has 0 aliphatic carbocycles. The number of terminal acetylenes is 1. The topological polar surface area (TPSA) is 375 Å². The molecule has 0 aromatic rings. The zero-order valence-electron chi connectivity index (χ0n) is 56.2. The highest BCUT2D eigenvalue weighted by Gasteiger charge is 2.15. The number of rotatable bonds is 37. The van der Waals surface area contributed by atoms with Crippen LogP contribution in [0.15, 0.2) is 25.3 Å². The third kappa shape index (κ3) is 185. The third-order valence-electron chi connectivity index (χ3n) is 9.34. The second-order valence-corrected chi connectivity index (χ2v) is 18.6. The smallest absolute Gasteiger partial charge is 0.407 e. The fourth-order valence-electron chi connectivity index (χ4n) is 5.42. The highest BCUT2D eigenvalue weighted by molar-refractivity contribution is 5.71. The Kier molecular flexibility index (Phi) is 141. The Hall–Kier alpha value is -8.06. The molecule has 0 heterocycles. The van der Waals surface area contributed by atoms with Gasteiger partial charge in [0, 0.05) is 38.6 Å². The van der Waals surface area contributed by atoms with Crippen LogP contribution in [-0.2, 0) is 110 Å². The number of nitrogens with one attached hydrogen (secondary N) is 1. The Morgan fingerprint density at radius 2 is 0.622 bits per heavy atom. The molecule has 1 N–H and O–H groups in total. The van der Waals surface area contributed by atoms with Crippen molar-refractivity contribution in [3.63, 3.8) is 0 Å². The van der Waals surface area contributed by atoms with E-state index in [9.17, 15) is 28.8 Å². The van der Waals surface area contributed by atoms with Crippen LogP contribution in [0.4, 0.5) is 4.79 Å². The molecule has 90 heavy (non-hydrogen) atoms. The normalized spacial score (nSPS) is 8.33. The van der Waals surface area contributed by atoms with Crippen molar-refractivity contribution in [2.24, 2.45) is 0 Å². The Labute approximate surface area is 536 Å². The third-order valence-corrected chi connectivity index (χ3v) is 9.34. The molecule has 0 saturated carbocycles. The molecular formula is C65H111NO24. The minimum Gasteiger partial charge on any atom is -0.466 e. The molecule has 0 unspecified atom stereocenters. The molecule has 1 amide bonds. The summed E-state index contributed by atoms with van der Waals surface area (Å²) in [7, 11) is 0. The molecule has 0 rings (SSSR count). The van der Waals surface area contributed by atoms with E-state index in [-0.39, 0.29) is 91.7 Å². The van der Waals surface area contributed by atoms with Crippen molar-refractivity contribution in [3.05, 3.63) is 25.3 Å². The Balaban J connectivity index is -0.0000000768. The lowest BCUT2D eigenvalue weighted by Crippen LogP contribution is -2.25. The molecule has 0 aromatic carbocycles. The molecule has 0 bridgehead atoms. The summed E-state index contributed by atoms with van der Waals surface area (Å²) in [5.41, 5.74) is -0.332. The monoisotopic (exact) mass is 1290 g/mol. The van der Waals surface area contributed by atoms with E-state index < -0.39 is 0 Å². The van der Waals surface area contributed by atoms with Crippen LogP contribution in [0, 0.1) is 12.3 Å². The van der Waals surface area contributed by atoms with Crippen LogP contribution >= 0.6 is 0 Å². The number of hydrogen-bond acceptors (Lipinski definition) is 24. The lowest BCUT2D eigenvalue weighted by molar-refractivity contribution is -0.193. The fraction of sp³-hybridized carbons (Fsp3) is 0.723. The zero-order valence-corrected chi connectivity index (χ0v) is 56.2. The molecule has 0 atom stereocenters. The van der Waals surface area contributed by atoms with Gasteiger partial charge in [0.25, 0.3) is 0 Å². The molecule has 0 saturated heterocycles. The van der Waals surface area contributed by atoms with Crippen LogP contribution in [0.3, 0.4) is 0 Å². The number of hydrogen-bond donors (Lipinski definition) is 1. The summed E-state index contributed by atoms with van der Waals surface area (Å²) < 4.78 is 29.2. The van der Waals surface area contributed by atoms with E-state index in [0.717, 1.165) is 89.9 Å². The Morgan fingerprint density at radius 3 is 0.867 bits per heavy atom. The molecule has 0 fully saturated rings. The van der Waals surface area contributed by atoms with Gasteiger partial charge in [0.2, 0.25) is 0 Å². The predicted molar refractivity (Wildman–Crippen MR) is 328 cm³/mol. The van der Waals surface area contributed by atoms with Gasteiger partial charge in [-0.25, -0.2) is 4.79 Å². The molecule has 0 spiro atoms. The number of esters is 5. The van der Waals surface area contributed by atoms with Gasteiger partial charge < -0.3 is 33.7 Å². The van der Waals surface area contributed by atoms with Crippen LogP contribution in [0.1, 0.15) is 262 Å². The van der Waals surface area contributed by atoms with Gasteiger partial charge in [-0.2, -0.15) is 57.5 Å². The van der Waals surface area contributed by atoms with E-state index in [1.807, 2.05) is 34.6 Å². The van der Waals surface area contributed by atoms with Crippen molar-refractivity contribution < 1.29 is 115 Å². The average molecular weight is 1290 g/mol. The van der Waals surface area contributed by atoms with E-state index >= 15 is 0 Å². The first-order chi connectivity index (χ1) is 43.0. The SMILES string of the molecule is C#CCOC(=O)CCCCCC.C=CCOC(=O)CCCCCC.C=CCOC(=O)NCCCC.CCCCCCC(=O)OC(C)(C)C.CCCCCCC(=O)OCCC.CCCCCCC(=O)OCCC.O=C=O.O=C=O.O=C=O.O=C=O.O=C=O.O=C=O. The van der Waals surface area contributed by atoms with Crippen LogP contribution < -0.4 is 5.32 Å². The standard InChI is InChI=1S/C11H22O2.2C10H20O2.C10H18O2.C10H16O2.C8H15NO2.6CO2/c1-5-6-7-8-9-10(12)13-11(2,3)4;4*1-3-5-6-7-8-10(11)12-9-4-2;1-3-5-6-9-8(10)11-7-4-2;6*2-1-3/h5-9H2,1-4H3;2*3-9H2,1-2H3;4H,2-3,5-9H2,1H3;2H,3,5-9H2,1H3;4H,2-3,5-7H2,1H3,(H,9,10);;;;;;. The van der Waals surface area contributed by atoms with Crippen molar-refractivity contribution in [2.45, 2.75) is 268 Å². The van der Waals surface area contributed by atoms with E-state index in [4.69, 9.17) is 87.6 Å². The number of alkyl carbamates (subject to hydrolysis) is 1. The van der Waals surface area contributed by atoms with Gasteiger partial charge in [0.05, 0.1) is 13.2 Å². The fourth-order valence-corrected chi connectivity index (χ4v) is 5.42. The van der Waals surface area contributed by atoms with Crippen LogP contribution in [-0.4, -0.2) is 118 Å². The number of amides is 1. The minimum absolute atomic E-state index is 0.0343. The lowest BCUT2D eigenvalue weighted by Gasteiger charge is -2.19. The number of carbonyl (C=O) groups excluding carboxylic acids is 18. The maximum absolute atomic E-state index is 11.2. The largest absolute Gasteiger partial charge is 0.466 e. The highest BCUT2D eigenvalue weighted by atomic mass is 16.6. The highest BCUT2D eigenvalue weighted by Crippen LogP contribution is 2.11. The molecule has 25 nitrogen and oxygen atoms in total. The van der Waals surface area contributed by atoms with Gasteiger partial charge in [-0.1, -0.05) is 189 Å². The molecule has 0 aliphatic heterocycles. The summed E-state index contributed by atoms with van der Waals surface area (Å²) in [5, 5.41) is 2.61. The predicted octanol–water partition coefficient (Wildman–Crippen LogP) is 12.1. The summed E-state index contributed by atoms with van der Waals surface area (Å²) in [6.07, 6.45) is 38.4. The Bertz CT molecular complexity index is 1710. The molecule has 0 radical (unpaired) electrons. The van der Waals surface area contributed by atoms with Gasteiger partial charge in [-0.3, -0.25) is 24.0 Å². The van der Waals surface area contributed by atoms with Gasteiger partial charge in [0.15, 0.2) is 6.61 Å². The van der Waals surface area contributed by atoms with Crippen molar-refractivity contribution >= 4 is 72.8 Å². The number of ether oxygens (including phenoxy) is 6. The second kappa shape index (κ2) is 115. The van der Waals surface area contributed by atoms with Crippen LogP contribution in [0.25, 0.3) is 0 Å². The summed E-state index contributed by atoms with van der Waals surface area (Å²) in [6.45, 7) is 32.0. The zero-order chi connectivity index (χ0) is 72.0. The first kappa shape index (κ1) is 110. The van der Waals surface area contributed by atoms with E-state index in [1.54, 1.807) is 12.2 Å². The van der Waals surface area contributed by atoms with E-state index in [0.29, 0.717) is 58.5 Å². The lowest BCUT2D eigenvalue weighted by atomic mass is 10.1. The second-order valence-electron chi connectivity index (χ2n) is 18.6. The van der Waals surface area contributed by atoms with Gasteiger partial charge in [-0.05, 0) is 72.1 Å². The first-order valence-electron chi connectivity index (χ1n) is 30.3. The Morgan fingerprint density at radius 1 is 0.367 bits per heavy atom. The van der Waals surface area contributed by atoms with Gasteiger partial charge >= 0.3 is 72.8 Å². The average Bonchev–Trinajstić information content (AvgIpc) is 3.70. The first-order valence-corrected chi connectivity index (χ1v) is 30.3. The van der Waals surface area contributed by atoms with Crippen molar-refractivity contribution in [2.75, 3.05) is 39.6 Å². The molecule has 25 heteroatoms. The summed E-state index contributed by atoms with van der Waals surface area (Å²) >= 11 is 0. The van der Waals surface area contributed by atoms with Crippen LogP contribution in [0.2, 0.25) is 0 Å². The number of carbonyl (C=O) groups is 6. The summed E-state index contributed by atoms with van der Waals surface area (Å²) in [6, 6.07) is 0. The molecule has 520 valence electrons. The quantitative estimate of drug-likeness (QED) is 0.0198. The van der Waals surface area contributed by atoms with E-state index in [1.165, 1.54) is 64.2 Å². The van der Waals surface area contributed by atoms with Crippen molar-refractivity contribution in [1.29, 1.82) is 0 Å². The molecule has 0 aromatic heterocycles. The van der Waals surface area contributed by atoms with Crippen LogP contribution in [0.5, 0.6) is 0 Å². The summed E-state index contributed by atoms with van der Waals surface area (Å²) in [5.74, 6) is 1.84. The van der Waals surface area contributed by atoms with Gasteiger partial charge in [0.1, 0.15) is 18.8 Å². The van der Waals surface area contributed by atoms with E-state index in [2.05, 4.69) is 70.7 Å². The maximum Gasteiger partial charge on any atom is 0.407 e.